The number of piperazine rings is 1. The van der Waals surface area contributed by atoms with Crippen LogP contribution >= 0.6 is 11.6 Å². The Hall–Kier alpha value is -3.61. The van der Waals surface area contributed by atoms with E-state index in [1.54, 1.807) is 28.9 Å². The van der Waals surface area contributed by atoms with Crippen molar-refractivity contribution in [2.75, 3.05) is 52.5 Å². The predicted molar refractivity (Wildman–Crippen MR) is 164 cm³/mol. The zero-order valence-corrected chi connectivity index (χ0v) is 25.8. The number of hydrogen-bond donors (Lipinski definition) is 3. The van der Waals surface area contributed by atoms with Crippen LogP contribution in [-0.2, 0) is 30.3 Å². The molecule has 4 rings (SSSR count). The first-order valence-electron chi connectivity index (χ1n) is 15.1. The number of ether oxygens (including phenoxy) is 2. The number of oxime groups is 1. The number of rotatable bonds is 6. The molecule has 0 aromatic heterocycles. The Labute approximate surface area is 262 Å². The molecule has 1 aromatic rings. The van der Waals surface area contributed by atoms with Crippen LogP contribution in [0.5, 0.6) is 11.5 Å². The third-order valence-corrected chi connectivity index (χ3v) is 8.08. The summed E-state index contributed by atoms with van der Waals surface area (Å²) in [6.07, 6.45) is 9.58. The molecule has 2 fully saturated rings. The number of fused-ring (bicyclic) bond motifs is 1. The number of aromatic hydroxyl groups is 2. The number of halogens is 1. The van der Waals surface area contributed by atoms with E-state index in [1.165, 1.54) is 0 Å². The van der Waals surface area contributed by atoms with Gasteiger partial charge in [0.15, 0.2) is 6.61 Å². The van der Waals surface area contributed by atoms with Crippen molar-refractivity contribution < 1.29 is 38.9 Å². The molecule has 0 bridgehead atoms. The summed E-state index contributed by atoms with van der Waals surface area (Å²) in [6.45, 7) is 5.43. The summed E-state index contributed by atoms with van der Waals surface area (Å²) in [5.41, 5.74) is 0.165. The lowest BCUT2D eigenvalue weighted by Gasteiger charge is -2.27. The zero-order chi connectivity index (χ0) is 31.5. The number of amides is 2. The van der Waals surface area contributed by atoms with E-state index in [0.29, 0.717) is 39.0 Å². The van der Waals surface area contributed by atoms with Crippen molar-refractivity contribution in [3.8, 4) is 11.5 Å². The molecular weight excluding hydrogens is 592 g/mol. The van der Waals surface area contributed by atoms with Gasteiger partial charge in [-0.05, 0) is 44.2 Å². The second-order valence-electron chi connectivity index (χ2n) is 11.1. The van der Waals surface area contributed by atoms with Crippen molar-refractivity contribution >= 4 is 35.1 Å². The van der Waals surface area contributed by atoms with Crippen LogP contribution in [0.15, 0.2) is 35.5 Å². The van der Waals surface area contributed by atoms with Crippen molar-refractivity contribution in [1.82, 2.24) is 15.1 Å². The minimum atomic E-state index is -0.823. The number of allylic oxidation sites excluding steroid dienone is 1. The Bertz CT molecular complexity index is 1270. The molecule has 1 unspecified atom stereocenters. The first-order valence-corrected chi connectivity index (χ1v) is 15.4. The van der Waals surface area contributed by atoms with Crippen LogP contribution < -0.4 is 5.32 Å². The Morgan fingerprint density at radius 3 is 2.48 bits per heavy atom. The molecule has 3 heterocycles. The predicted octanol–water partition coefficient (Wildman–Crippen LogP) is 2.95. The van der Waals surface area contributed by atoms with E-state index in [0.717, 1.165) is 38.4 Å². The van der Waals surface area contributed by atoms with E-state index in [9.17, 15) is 24.6 Å². The number of phenols is 2. The minimum absolute atomic E-state index is 0.0857. The van der Waals surface area contributed by atoms with Gasteiger partial charge in [0, 0.05) is 58.2 Å². The van der Waals surface area contributed by atoms with Gasteiger partial charge in [0.1, 0.15) is 29.8 Å². The number of piperidine rings is 1. The first kappa shape index (κ1) is 33.3. The number of hydrogen-bond acceptors (Lipinski definition) is 10. The van der Waals surface area contributed by atoms with Gasteiger partial charge in [0.2, 0.25) is 5.91 Å². The summed E-state index contributed by atoms with van der Waals surface area (Å²) in [5, 5.41) is 28.2. The third kappa shape index (κ3) is 9.44. The maximum Gasteiger partial charge on any atom is 0.342 e. The Morgan fingerprint density at radius 1 is 1.02 bits per heavy atom. The quantitative estimate of drug-likeness (QED) is 0.244. The number of esters is 1. The fourth-order valence-corrected chi connectivity index (χ4v) is 5.44. The Kier molecular flexibility index (Phi) is 12.5. The van der Waals surface area contributed by atoms with E-state index in [2.05, 4.69) is 10.5 Å². The van der Waals surface area contributed by atoms with Gasteiger partial charge in [0.05, 0.1) is 16.8 Å². The number of cyclic esters (lactones) is 1. The molecule has 44 heavy (non-hydrogen) atoms. The van der Waals surface area contributed by atoms with Gasteiger partial charge in [-0.1, -0.05) is 35.0 Å². The van der Waals surface area contributed by atoms with Crippen molar-refractivity contribution in [3.05, 3.63) is 46.5 Å². The van der Waals surface area contributed by atoms with Gasteiger partial charge >= 0.3 is 5.97 Å². The van der Waals surface area contributed by atoms with E-state index < -0.39 is 29.7 Å². The molecule has 240 valence electrons. The molecule has 1 aromatic carbocycles. The normalized spacial score (nSPS) is 24.1. The summed E-state index contributed by atoms with van der Waals surface area (Å²) >= 11 is 6.42. The molecule has 0 spiro atoms. The highest BCUT2D eigenvalue weighted by Crippen LogP contribution is 2.37. The summed E-state index contributed by atoms with van der Waals surface area (Å²) in [6, 6.07) is 0.986. The molecule has 3 aliphatic rings. The molecule has 2 saturated heterocycles. The van der Waals surface area contributed by atoms with E-state index in [-0.39, 0.29) is 53.3 Å². The molecule has 2 amide bonds. The summed E-state index contributed by atoms with van der Waals surface area (Å²) in [4.78, 5) is 47.5. The van der Waals surface area contributed by atoms with Gasteiger partial charge in [-0.3, -0.25) is 9.59 Å². The van der Waals surface area contributed by atoms with E-state index >= 15 is 0 Å². The van der Waals surface area contributed by atoms with Crippen LogP contribution in [0.1, 0.15) is 54.9 Å². The van der Waals surface area contributed by atoms with Gasteiger partial charge in [-0.15, -0.1) is 0 Å². The average Bonchev–Trinajstić information content (AvgIpc) is 3.02. The molecule has 0 aliphatic carbocycles. The summed E-state index contributed by atoms with van der Waals surface area (Å²) in [5.74, 6) is -2.01. The molecular formula is C31H41ClN4O8. The fraction of sp³-hybridized carbons (Fsp3) is 0.548. The van der Waals surface area contributed by atoms with Crippen molar-refractivity contribution in [1.29, 1.82) is 0 Å². The number of phenolic OH excluding ortho intramolecular Hbond substituents is 2. The number of nitrogens with zero attached hydrogens (tertiary/aromatic N) is 3. The van der Waals surface area contributed by atoms with Crippen LogP contribution in [-0.4, -0.2) is 108 Å². The number of carbonyl (C=O) groups excluding carboxylic acids is 3. The topological polar surface area (TPSA) is 150 Å². The lowest BCUT2D eigenvalue weighted by atomic mass is 9.99. The smallest absolute Gasteiger partial charge is 0.342 e. The number of carbonyl (C=O) groups is 3. The Morgan fingerprint density at radius 2 is 1.73 bits per heavy atom. The lowest BCUT2D eigenvalue weighted by molar-refractivity contribution is -0.138. The second-order valence-corrected chi connectivity index (χ2v) is 11.4. The average molecular weight is 633 g/mol. The fourth-order valence-electron chi connectivity index (χ4n) is 5.22. The lowest BCUT2D eigenvalue weighted by Crippen LogP contribution is -2.47. The minimum Gasteiger partial charge on any atom is -0.507 e. The largest absolute Gasteiger partial charge is 0.507 e. The highest BCUT2D eigenvalue weighted by molar-refractivity contribution is 6.33. The second kappa shape index (κ2) is 16.5. The molecule has 13 heteroatoms. The third-order valence-electron chi connectivity index (χ3n) is 7.66. The highest BCUT2D eigenvalue weighted by Gasteiger charge is 2.26. The standard InChI is InChI=1S/C31H41ClN4O8/c1-21-7-5-9-23(42-19-27(39)36-15-11-33-12-16-36)10-6-8-22(34-43-20-28(40)35-13-3-2-4-14-35)17-24-29(31(41)44-21)25(37)18-26(38)30(24)32/h5-6,8-9,18,21,23,33,37-38H,2-4,7,10-17,19-20H2,1H3/b8-6+,9-5+,34-22-/t21?,23-/m1/s1. The van der Waals surface area contributed by atoms with Crippen LogP contribution in [0.25, 0.3) is 0 Å². The van der Waals surface area contributed by atoms with Crippen LogP contribution in [0, 0.1) is 0 Å². The maximum atomic E-state index is 13.2. The van der Waals surface area contributed by atoms with Gasteiger partial charge < -0.3 is 39.6 Å². The first-order chi connectivity index (χ1) is 21.2. The zero-order valence-electron chi connectivity index (χ0n) is 25.0. The van der Waals surface area contributed by atoms with Crippen LogP contribution in [0.3, 0.4) is 0 Å². The number of nitrogens with one attached hydrogen (secondary N) is 1. The van der Waals surface area contributed by atoms with E-state index in [4.69, 9.17) is 25.9 Å². The molecule has 3 N–H and O–H groups in total. The van der Waals surface area contributed by atoms with Crippen molar-refractivity contribution in [3.63, 3.8) is 0 Å². The molecule has 3 aliphatic heterocycles. The van der Waals surface area contributed by atoms with Crippen molar-refractivity contribution in [2.45, 2.75) is 57.7 Å². The SMILES string of the molecule is CC1C/C=C/[C@@H](OCC(=O)N2CCNCC2)C/C=C/C(=N/OCC(=O)N2CCCCC2)Cc2c(Cl)c(O)cc(O)c2C(=O)O1. The van der Waals surface area contributed by atoms with Crippen LogP contribution in [0.2, 0.25) is 5.02 Å². The van der Waals surface area contributed by atoms with E-state index in [1.807, 2.05) is 12.2 Å². The molecule has 0 radical (unpaired) electrons. The Balaban J connectivity index is 1.57. The molecule has 2 atom stereocenters. The summed E-state index contributed by atoms with van der Waals surface area (Å²) in [7, 11) is 0. The van der Waals surface area contributed by atoms with Crippen LogP contribution in [0.4, 0.5) is 0 Å². The maximum absolute atomic E-state index is 13.2. The summed E-state index contributed by atoms with van der Waals surface area (Å²) < 4.78 is 11.6. The number of likely N-dealkylation sites (tertiary alicyclic amines) is 1. The van der Waals surface area contributed by atoms with Gasteiger partial charge in [0.25, 0.3) is 5.91 Å². The highest BCUT2D eigenvalue weighted by atomic mass is 35.5. The van der Waals surface area contributed by atoms with Crippen molar-refractivity contribution in [2.24, 2.45) is 5.16 Å². The van der Waals surface area contributed by atoms with Gasteiger partial charge in [-0.25, -0.2) is 4.79 Å². The molecule has 12 nitrogen and oxygen atoms in total. The van der Waals surface area contributed by atoms with Gasteiger partial charge in [-0.2, -0.15) is 0 Å². The number of benzene rings is 1. The monoisotopic (exact) mass is 632 g/mol. The molecule has 0 saturated carbocycles.